The van der Waals surface area contributed by atoms with E-state index in [-0.39, 0.29) is 48.0 Å². The van der Waals surface area contributed by atoms with E-state index >= 15 is 0 Å². The molecule has 0 bridgehead atoms. The summed E-state index contributed by atoms with van der Waals surface area (Å²) >= 11 is 0. The van der Waals surface area contributed by atoms with Crippen LogP contribution in [0, 0.1) is 11.8 Å². The fourth-order valence-corrected chi connectivity index (χ4v) is 4.85. The van der Waals surface area contributed by atoms with Crippen LogP contribution in [0.4, 0.5) is 9.59 Å². The summed E-state index contributed by atoms with van der Waals surface area (Å²) in [5.41, 5.74) is 0. The van der Waals surface area contributed by atoms with Gasteiger partial charge < -0.3 is 28.4 Å². The molecule has 0 aliphatic carbocycles. The van der Waals surface area contributed by atoms with Crippen molar-refractivity contribution in [2.75, 3.05) is 13.2 Å². The summed E-state index contributed by atoms with van der Waals surface area (Å²) in [5, 5.41) is 0.896. The van der Waals surface area contributed by atoms with Gasteiger partial charge in [0.2, 0.25) is 11.5 Å². The highest BCUT2D eigenvalue weighted by Crippen LogP contribution is 2.54. The Hall–Kier alpha value is -4.72. The Morgan fingerprint density at radius 1 is 0.543 bits per heavy atom. The van der Waals surface area contributed by atoms with Crippen molar-refractivity contribution in [3.05, 3.63) is 84.9 Å². The summed E-state index contributed by atoms with van der Waals surface area (Å²) in [7, 11) is 0. The van der Waals surface area contributed by atoms with Crippen molar-refractivity contribution in [1.82, 2.24) is 0 Å². The first-order chi connectivity index (χ1) is 22.4. The van der Waals surface area contributed by atoms with Gasteiger partial charge in [-0.1, -0.05) is 114 Å². The lowest BCUT2D eigenvalue weighted by Gasteiger charge is -2.21. The summed E-state index contributed by atoms with van der Waals surface area (Å²) in [6, 6.07) is 25.1. The lowest BCUT2D eigenvalue weighted by atomic mass is 10.1. The van der Waals surface area contributed by atoms with Gasteiger partial charge in [0.25, 0.3) is 0 Å². The Bertz CT molecular complexity index is 1420. The SMILES string of the molecule is CCCCC(C)COC(=O)Oc1c(Oc2ccccc2)c(Oc2ccccc2)c(OC(=O)OCC(C)CCCC)c2ccccc12. The van der Waals surface area contributed by atoms with Crippen molar-refractivity contribution < 1.29 is 38.0 Å². The zero-order valence-corrected chi connectivity index (χ0v) is 27.2. The standard InChI is InChI=1S/C38H44O8/c1-5-7-17-27(3)25-41-37(39)45-33-31-23-15-16-24-32(31)34(46-38(40)42-26-28(4)18-8-6-2)36(44-30-21-13-10-14-22-30)35(33)43-29-19-11-9-12-20-29/h9-16,19-24,27-28H,5-8,17-18,25-26H2,1-4H3. The number of carbonyl (C=O) groups is 2. The topological polar surface area (TPSA) is 89.5 Å². The molecule has 0 saturated carbocycles. The van der Waals surface area contributed by atoms with E-state index in [1.807, 2.05) is 50.2 Å². The van der Waals surface area contributed by atoms with Crippen molar-refractivity contribution in [2.24, 2.45) is 11.8 Å². The number of fused-ring (bicyclic) bond motifs is 1. The van der Waals surface area contributed by atoms with Gasteiger partial charge in [0.05, 0.1) is 13.2 Å². The van der Waals surface area contributed by atoms with Crippen LogP contribution >= 0.6 is 0 Å². The fraction of sp³-hybridized carbons (Fsp3) is 0.368. The summed E-state index contributed by atoms with van der Waals surface area (Å²) in [6.45, 7) is 8.73. The van der Waals surface area contributed by atoms with Crippen LogP contribution in [0.25, 0.3) is 10.8 Å². The number of benzene rings is 4. The third-order valence-corrected chi connectivity index (χ3v) is 7.40. The molecule has 0 amide bonds. The number of para-hydroxylation sites is 2. The normalized spacial score (nSPS) is 12.2. The molecule has 4 aromatic rings. The minimum Gasteiger partial charge on any atom is -0.449 e. The maximum Gasteiger partial charge on any atom is 0.514 e. The summed E-state index contributed by atoms with van der Waals surface area (Å²) in [4.78, 5) is 26.3. The lowest BCUT2D eigenvalue weighted by molar-refractivity contribution is 0.0821. The monoisotopic (exact) mass is 628 g/mol. The summed E-state index contributed by atoms with van der Waals surface area (Å²) in [5.74, 6) is 1.42. The average Bonchev–Trinajstić information content (AvgIpc) is 3.08. The first kappa shape index (κ1) is 34.2. The number of hydrogen-bond donors (Lipinski definition) is 0. The second kappa shape index (κ2) is 17.7. The lowest BCUT2D eigenvalue weighted by Crippen LogP contribution is -2.17. The molecule has 4 rings (SSSR count). The second-order valence-corrected chi connectivity index (χ2v) is 11.5. The van der Waals surface area contributed by atoms with Gasteiger partial charge >= 0.3 is 12.3 Å². The molecule has 0 N–H and O–H groups in total. The van der Waals surface area contributed by atoms with E-state index < -0.39 is 12.3 Å². The molecule has 244 valence electrons. The van der Waals surface area contributed by atoms with Gasteiger partial charge in [-0.2, -0.15) is 0 Å². The molecule has 0 aliphatic heterocycles. The molecule has 0 heterocycles. The molecule has 4 aromatic carbocycles. The molecule has 8 nitrogen and oxygen atoms in total. The van der Waals surface area contributed by atoms with Gasteiger partial charge in [-0.15, -0.1) is 0 Å². The van der Waals surface area contributed by atoms with Crippen LogP contribution < -0.4 is 18.9 Å². The molecule has 2 atom stereocenters. The molecular weight excluding hydrogens is 584 g/mol. The minimum atomic E-state index is -0.883. The predicted octanol–water partition coefficient (Wildman–Crippen LogP) is 11.1. The second-order valence-electron chi connectivity index (χ2n) is 11.5. The van der Waals surface area contributed by atoms with Crippen LogP contribution in [0.1, 0.15) is 66.2 Å². The van der Waals surface area contributed by atoms with E-state index in [0.29, 0.717) is 22.3 Å². The maximum absolute atomic E-state index is 13.1. The van der Waals surface area contributed by atoms with Crippen LogP contribution in [0.3, 0.4) is 0 Å². The number of unbranched alkanes of at least 4 members (excludes halogenated alkanes) is 2. The predicted molar refractivity (Wildman–Crippen MR) is 178 cm³/mol. The highest BCUT2D eigenvalue weighted by atomic mass is 16.7. The zero-order valence-electron chi connectivity index (χ0n) is 27.2. The third-order valence-electron chi connectivity index (χ3n) is 7.40. The van der Waals surface area contributed by atoms with Gasteiger partial charge in [-0.05, 0) is 48.9 Å². The molecule has 0 spiro atoms. The van der Waals surface area contributed by atoms with Crippen LogP contribution in [-0.2, 0) is 9.47 Å². The first-order valence-corrected chi connectivity index (χ1v) is 16.1. The summed E-state index contributed by atoms with van der Waals surface area (Å²) < 4.78 is 35.6. The highest BCUT2D eigenvalue weighted by molar-refractivity contribution is 6.01. The summed E-state index contributed by atoms with van der Waals surface area (Å²) in [6.07, 6.45) is 4.31. The molecule has 0 radical (unpaired) electrons. The Labute approximate surface area is 271 Å². The molecule has 2 unspecified atom stereocenters. The third kappa shape index (κ3) is 9.89. The number of ether oxygens (including phenoxy) is 6. The number of carbonyl (C=O) groups excluding carboxylic acids is 2. The molecular formula is C38H44O8. The largest absolute Gasteiger partial charge is 0.514 e. The molecule has 0 saturated heterocycles. The molecule has 0 aromatic heterocycles. The molecule has 8 heteroatoms. The van der Waals surface area contributed by atoms with Gasteiger partial charge in [-0.3, -0.25) is 0 Å². The Kier molecular flexibility index (Phi) is 13.1. The fourth-order valence-electron chi connectivity index (χ4n) is 4.85. The molecule has 0 aliphatic rings. The van der Waals surface area contributed by atoms with Crippen molar-refractivity contribution in [3.8, 4) is 34.5 Å². The maximum atomic E-state index is 13.1. The molecule has 0 fully saturated rings. The Balaban J connectivity index is 1.80. The van der Waals surface area contributed by atoms with Crippen LogP contribution in [0.2, 0.25) is 0 Å². The quantitative estimate of drug-likeness (QED) is 0.0894. The number of hydrogen-bond acceptors (Lipinski definition) is 8. The van der Waals surface area contributed by atoms with Crippen LogP contribution in [-0.4, -0.2) is 25.5 Å². The van der Waals surface area contributed by atoms with Crippen molar-refractivity contribution in [1.29, 1.82) is 0 Å². The van der Waals surface area contributed by atoms with Gasteiger partial charge in [0.1, 0.15) is 11.5 Å². The Morgan fingerprint density at radius 3 is 1.28 bits per heavy atom. The molecule has 46 heavy (non-hydrogen) atoms. The number of rotatable bonds is 16. The van der Waals surface area contributed by atoms with Gasteiger partial charge in [-0.25, -0.2) is 9.59 Å². The smallest absolute Gasteiger partial charge is 0.449 e. The first-order valence-electron chi connectivity index (χ1n) is 16.1. The van der Waals surface area contributed by atoms with E-state index in [0.717, 1.165) is 38.5 Å². The van der Waals surface area contributed by atoms with E-state index in [4.69, 9.17) is 28.4 Å². The van der Waals surface area contributed by atoms with Crippen molar-refractivity contribution in [2.45, 2.75) is 66.2 Å². The van der Waals surface area contributed by atoms with E-state index in [1.165, 1.54) is 0 Å². The van der Waals surface area contributed by atoms with E-state index in [1.54, 1.807) is 48.5 Å². The van der Waals surface area contributed by atoms with Gasteiger partial charge in [0.15, 0.2) is 11.5 Å². The van der Waals surface area contributed by atoms with Gasteiger partial charge in [0, 0.05) is 10.8 Å². The average molecular weight is 629 g/mol. The minimum absolute atomic E-state index is 0.0313. The zero-order chi connectivity index (χ0) is 32.7. The van der Waals surface area contributed by atoms with E-state index in [9.17, 15) is 9.59 Å². The Morgan fingerprint density at radius 2 is 0.913 bits per heavy atom. The van der Waals surface area contributed by atoms with Crippen molar-refractivity contribution >= 4 is 23.1 Å². The van der Waals surface area contributed by atoms with Crippen molar-refractivity contribution in [3.63, 3.8) is 0 Å². The van der Waals surface area contributed by atoms with E-state index in [2.05, 4.69) is 13.8 Å². The van der Waals surface area contributed by atoms with Crippen LogP contribution in [0.5, 0.6) is 34.5 Å². The highest BCUT2D eigenvalue weighted by Gasteiger charge is 2.30. The van der Waals surface area contributed by atoms with Crippen LogP contribution in [0.15, 0.2) is 84.9 Å².